The van der Waals surface area contributed by atoms with Gasteiger partial charge in [-0.3, -0.25) is 0 Å². The van der Waals surface area contributed by atoms with Crippen LogP contribution in [-0.4, -0.2) is 14.9 Å². The van der Waals surface area contributed by atoms with Crippen molar-refractivity contribution in [2.24, 2.45) is 0 Å². The number of nitrogens with two attached hydrogens (primary N) is 1. The van der Waals surface area contributed by atoms with Crippen molar-refractivity contribution in [2.45, 2.75) is 30.9 Å². The lowest BCUT2D eigenvalue weighted by atomic mass is 10.1. The maximum atomic E-state index is 13.0. The molecule has 2 heterocycles. The normalized spacial score (nSPS) is 11.2. The van der Waals surface area contributed by atoms with E-state index in [1.165, 1.54) is 46.8 Å². The van der Waals surface area contributed by atoms with Crippen LogP contribution >= 0.6 is 23.4 Å². The van der Waals surface area contributed by atoms with Gasteiger partial charge in [0.25, 0.3) is 0 Å². The van der Waals surface area contributed by atoms with Gasteiger partial charge in [0.15, 0.2) is 5.82 Å². The first kappa shape index (κ1) is 21.2. The molecule has 0 saturated carbocycles. The predicted octanol–water partition coefficient (Wildman–Crippen LogP) is 4.32. The largest absolute Gasteiger partial charge is 0.486 e. The number of halogens is 2. The first-order chi connectivity index (χ1) is 14.9. The van der Waals surface area contributed by atoms with Crippen molar-refractivity contribution in [3.8, 4) is 5.75 Å². The molecule has 0 fully saturated rings. The molecule has 160 valence electrons. The third kappa shape index (κ3) is 4.67. The molecule has 31 heavy (non-hydrogen) atoms. The molecule has 0 aliphatic carbocycles. The molecule has 0 unspecified atom stereocenters. The summed E-state index contributed by atoms with van der Waals surface area (Å²) in [5, 5.41) is 9.97. The maximum absolute atomic E-state index is 13.0. The minimum atomic E-state index is -0.435. The number of rotatable bonds is 7. The van der Waals surface area contributed by atoms with Gasteiger partial charge in [-0.2, -0.15) is 0 Å². The van der Waals surface area contributed by atoms with E-state index >= 15 is 0 Å². The van der Waals surface area contributed by atoms with Crippen molar-refractivity contribution in [1.29, 1.82) is 0 Å². The van der Waals surface area contributed by atoms with E-state index < -0.39 is 5.63 Å². The molecule has 0 aliphatic heterocycles. The quantitative estimate of drug-likeness (QED) is 0.249. The molecule has 7 nitrogen and oxygen atoms in total. The Bertz CT molecular complexity index is 1290. The summed E-state index contributed by atoms with van der Waals surface area (Å²) in [5.74, 6) is 7.05. The fourth-order valence-electron chi connectivity index (χ4n) is 3.00. The van der Waals surface area contributed by atoms with E-state index in [2.05, 4.69) is 10.2 Å². The van der Waals surface area contributed by atoms with Gasteiger partial charge >= 0.3 is 5.63 Å². The highest BCUT2D eigenvalue weighted by atomic mass is 35.5. The van der Waals surface area contributed by atoms with Crippen LogP contribution in [0, 0.1) is 5.82 Å². The molecule has 2 aromatic heterocycles. The Kier molecular flexibility index (Phi) is 6.15. The molecule has 2 N–H and O–H groups in total. The number of nitrogen functional groups attached to an aromatic ring is 1. The van der Waals surface area contributed by atoms with Crippen LogP contribution in [0.4, 0.5) is 4.39 Å². The predicted molar refractivity (Wildman–Crippen MR) is 117 cm³/mol. The van der Waals surface area contributed by atoms with Gasteiger partial charge in [-0.1, -0.05) is 30.3 Å². The highest BCUT2D eigenvalue weighted by Crippen LogP contribution is 2.29. The summed E-state index contributed by atoms with van der Waals surface area (Å²) in [5.41, 5.74) is 1.73. The zero-order chi connectivity index (χ0) is 22.0. The minimum Gasteiger partial charge on any atom is -0.486 e. The van der Waals surface area contributed by atoms with E-state index in [0.29, 0.717) is 33.1 Å². The number of aryl methyl sites for hydroxylation is 1. The van der Waals surface area contributed by atoms with Crippen LogP contribution in [-0.2, 0) is 18.8 Å². The number of benzene rings is 2. The molecule has 0 bridgehead atoms. The molecular weight excluding hydrogens is 443 g/mol. The molecule has 2 aromatic carbocycles. The van der Waals surface area contributed by atoms with Crippen LogP contribution in [0.25, 0.3) is 11.0 Å². The van der Waals surface area contributed by atoms with Gasteiger partial charge in [-0.15, -0.1) is 10.2 Å². The van der Waals surface area contributed by atoms with Crippen molar-refractivity contribution in [1.82, 2.24) is 14.9 Å². The van der Waals surface area contributed by atoms with E-state index in [4.69, 9.17) is 26.6 Å². The summed E-state index contributed by atoms with van der Waals surface area (Å²) < 4.78 is 25.2. The summed E-state index contributed by atoms with van der Waals surface area (Å²) in [6, 6.07) is 10.7. The number of aromatic nitrogens is 3. The lowest BCUT2D eigenvalue weighted by Crippen LogP contribution is -2.15. The van der Waals surface area contributed by atoms with E-state index in [1.54, 1.807) is 6.07 Å². The number of nitrogens with zero attached hydrogens (tertiary/aromatic N) is 3. The SMILES string of the molecule is CCc1cc2oc(=O)cc(CSc3nnc(COc4ccc(F)cc4)n3N)c2cc1Cl. The van der Waals surface area contributed by atoms with Crippen molar-refractivity contribution < 1.29 is 13.5 Å². The second-order valence-corrected chi connectivity index (χ2v) is 8.03. The molecule has 0 atom stereocenters. The second-order valence-electron chi connectivity index (χ2n) is 6.68. The molecule has 4 rings (SSSR count). The van der Waals surface area contributed by atoms with E-state index in [-0.39, 0.29) is 12.4 Å². The van der Waals surface area contributed by atoms with Gasteiger partial charge in [0.05, 0.1) is 0 Å². The minimum absolute atomic E-state index is 0.0724. The van der Waals surface area contributed by atoms with Gasteiger partial charge in [0, 0.05) is 22.2 Å². The first-order valence-corrected chi connectivity index (χ1v) is 10.8. The topological polar surface area (TPSA) is 96.2 Å². The van der Waals surface area contributed by atoms with Crippen molar-refractivity contribution >= 4 is 34.3 Å². The Morgan fingerprint density at radius 1 is 1.19 bits per heavy atom. The fraction of sp³-hybridized carbons (Fsp3) is 0.190. The van der Waals surface area contributed by atoms with Crippen LogP contribution in [0.5, 0.6) is 5.75 Å². The summed E-state index contributed by atoms with van der Waals surface area (Å²) in [6.45, 7) is 2.05. The number of hydrogen-bond donors (Lipinski definition) is 1. The Morgan fingerprint density at radius 3 is 2.71 bits per heavy atom. The highest BCUT2D eigenvalue weighted by molar-refractivity contribution is 7.98. The smallest absolute Gasteiger partial charge is 0.336 e. The Hall–Kier alpha value is -3.04. The zero-order valence-corrected chi connectivity index (χ0v) is 18.0. The van der Waals surface area contributed by atoms with Crippen LogP contribution in [0.3, 0.4) is 0 Å². The highest BCUT2D eigenvalue weighted by Gasteiger charge is 2.14. The first-order valence-electron chi connectivity index (χ1n) is 9.40. The monoisotopic (exact) mass is 460 g/mol. The van der Waals surface area contributed by atoms with E-state index in [1.807, 2.05) is 13.0 Å². The second kappa shape index (κ2) is 8.99. The van der Waals surface area contributed by atoms with Gasteiger partial charge in [0.2, 0.25) is 5.16 Å². The Balaban J connectivity index is 1.51. The molecule has 4 aromatic rings. The summed E-state index contributed by atoms with van der Waals surface area (Å²) in [4.78, 5) is 12.0. The lowest BCUT2D eigenvalue weighted by Gasteiger charge is -2.09. The Labute approximate surface area is 185 Å². The van der Waals surface area contributed by atoms with Crippen LogP contribution in [0.1, 0.15) is 23.9 Å². The molecule has 0 aliphatic rings. The van der Waals surface area contributed by atoms with Crippen molar-refractivity contribution in [2.75, 3.05) is 5.84 Å². The van der Waals surface area contributed by atoms with Gasteiger partial charge in [0.1, 0.15) is 23.8 Å². The van der Waals surface area contributed by atoms with Crippen LogP contribution in [0.2, 0.25) is 5.02 Å². The maximum Gasteiger partial charge on any atom is 0.336 e. The van der Waals surface area contributed by atoms with Crippen LogP contribution < -0.4 is 16.2 Å². The average molecular weight is 461 g/mol. The Morgan fingerprint density at radius 2 is 1.97 bits per heavy atom. The molecule has 0 saturated heterocycles. The molecule has 10 heteroatoms. The fourth-order valence-corrected chi connectivity index (χ4v) is 4.17. The molecule has 0 amide bonds. The van der Waals surface area contributed by atoms with Gasteiger partial charge in [-0.25, -0.2) is 13.9 Å². The molecular formula is C21H18ClFN4O3S. The summed E-state index contributed by atoms with van der Waals surface area (Å²) in [7, 11) is 0. The molecule has 0 spiro atoms. The number of hydrogen-bond acceptors (Lipinski definition) is 7. The van der Waals surface area contributed by atoms with Crippen LogP contribution in [0.15, 0.2) is 56.8 Å². The number of ether oxygens (including phenoxy) is 1. The van der Waals surface area contributed by atoms with Gasteiger partial charge < -0.3 is 15.0 Å². The summed E-state index contributed by atoms with van der Waals surface area (Å²) in [6.07, 6.45) is 0.733. The number of thioether (sulfide) groups is 1. The standard InChI is InChI=1S/C21H18ClFN4O3S/c1-2-12-7-18-16(9-17(12)22)13(8-20(28)30-18)11-31-21-26-25-19(27(21)24)10-29-15-5-3-14(23)4-6-15/h3-9H,2,10-11,24H2,1H3. The third-order valence-electron chi connectivity index (χ3n) is 4.65. The zero-order valence-electron chi connectivity index (χ0n) is 16.5. The van der Waals surface area contributed by atoms with E-state index in [0.717, 1.165) is 22.9 Å². The van der Waals surface area contributed by atoms with E-state index in [9.17, 15) is 9.18 Å². The van der Waals surface area contributed by atoms with Crippen molar-refractivity contribution in [3.05, 3.63) is 80.7 Å². The summed E-state index contributed by atoms with van der Waals surface area (Å²) >= 11 is 7.67. The lowest BCUT2D eigenvalue weighted by molar-refractivity contribution is 0.291. The number of fused-ring (bicyclic) bond motifs is 1. The van der Waals surface area contributed by atoms with Gasteiger partial charge in [-0.05, 0) is 53.9 Å². The average Bonchev–Trinajstić information content (AvgIpc) is 3.11. The van der Waals surface area contributed by atoms with Crippen molar-refractivity contribution in [3.63, 3.8) is 0 Å². The molecule has 0 radical (unpaired) electrons. The third-order valence-corrected chi connectivity index (χ3v) is 6.00.